The van der Waals surface area contributed by atoms with E-state index in [4.69, 9.17) is 20.8 Å². The highest BCUT2D eigenvalue weighted by molar-refractivity contribution is 7.99. The number of furan rings is 1. The molecule has 1 aliphatic rings. The van der Waals surface area contributed by atoms with E-state index in [0.717, 1.165) is 47.6 Å². The Morgan fingerprint density at radius 1 is 1.24 bits per heavy atom. The van der Waals surface area contributed by atoms with Crippen molar-refractivity contribution in [1.29, 1.82) is 0 Å². The number of halogens is 1. The quantitative estimate of drug-likeness (QED) is 0.325. The number of thioether (sulfide) groups is 1. The lowest BCUT2D eigenvalue weighted by Crippen LogP contribution is -2.28. The number of rotatable bonds is 8. The molecule has 176 valence electrons. The number of nitrogens with zero attached hydrogens (tertiary/aromatic N) is 3. The third-order valence-electron chi connectivity index (χ3n) is 5.81. The summed E-state index contributed by atoms with van der Waals surface area (Å²) in [5.41, 5.74) is 1.73. The third kappa shape index (κ3) is 5.14. The molecule has 4 aromatic rings. The molecule has 0 radical (unpaired) electrons. The molecule has 2 aromatic heterocycles. The largest absolute Gasteiger partial charge is 0.459 e. The summed E-state index contributed by atoms with van der Waals surface area (Å²) in [5, 5.41) is 14.2. The van der Waals surface area contributed by atoms with Crippen molar-refractivity contribution in [2.24, 2.45) is 0 Å². The Hall–Kier alpha value is -2.81. The summed E-state index contributed by atoms with van der Waals surface area (Å²) in [7, 11) is 0. The zero-order valence-corrected chi connectivity index (χ0v) is 20.3. The Bertz CT molecular complexity index is 1250. The molecule has 5 rings (SSSR count). The highest BCUT2D eigenvalue weighted by atomic mass is 35.5. The van der Waals surface area contributed by atoms with Crippen LogP contribution < -0.4 is 5.32 Å². The highest BCUT2D eigenvalue weighted by Crippen LogP contribution is 2.28. The molecular formula is C25H25ClN4O3S. The van der Waals surface area contributed by atoms with Crippen LogP contribution in [0.15, 0.2) is 64.2 Å². The first kappa shape index (κ1) is 23.0. The minimum atomic E-state index is -0.241. The molecule has 0 aliphatic carbocycles. The molecule has 1 amide bonds. The van der Waals surface area contributed by atoms with Gasteiger partial charge in [-0.05, 0) is 56.2 Å². The number of amides is 1. The number of aromatic nitrogens is 3. The van der Waals surface area contributed by atoms with Crippen molar-refractivity contribution in [3.05, 3.63) is 65.4 Å². The van der Waals surface area contributed by atoms with Crippen molar-refractivity contribution >= 4 is 40.2 Å². The number of fused-ring (bicyclic) bond motifs is 1. The van der Waals surface area contributed by atoms with Crippen LogP contribution in [0, 0.1) is 0 Å². The van der Waals surface area contributed by atoms with Gasteiger partial charge < -0.3 is 14.5 Å². The van der Waals surface area contributed by atoms with E-state index in [1.807, 2.05) is 66.1 Å². The number of carbonyl (C=O) groups is 1. The molecule has 0 spiro atoms. The number of para-hydroxylation sites is 1. The fraction of sp³-hybridized carbons (Fsp3) is 0.320. The topological polar surface area (TPSA) is 82.2 Å². The molecule has 0 unspecified atom stereocenters. The standard InChI is InChI=1S/C25H25ClN4O3S/c1-16(22-13-18-5-2-3-7-21(18)33-22)27-23(31)15-34-25-29-28-24(17-8-10-19(26)11-9-17)30(25)14-20-6-4-12-32-20/h2-3,5,7-11,13,16,20H,4,6,12,14-15H2,1H3,(H,27,31)/t16-,20+/m1/s1. The molecule has 0 saturated carbocycles. The Balaban J connectivity index is 1.28. The molecule has 0 bridgehead atoms. The summed E-state index contributed by atoms with van der Waals surface area (Å²) in [5.74, 6) is 1.59. The van der Waals surface area contributed by atoms with Gasteiger partial charge in [-0.25, -0.2) is 0 Å². The molecular weight excluding hydrogens is 472 g/mol. The lowest BCUT2D eigenvalue weighted by molar-refractivity contribution is -0.119. The van der Waals surface area contributed by atoms with Crippen molar-refractivity contribution < 1.29 is 13.9 Å². The van der Waals surface area contributed by atoms with Crippen LogP contribution in [0.3, 0.4) is 0 Å². The smallest absolute Gasteiger partial charge is 0.231 e. The van der Waals surface area contributed by atoms with Crippen molar-refractivity contribution in [1.82, 2.24) is 20.1 Å². The average molecular weight is 497 g/mol. The van der Waals surface area contributed by atoms with Crippen LogP contribution in [0.4, 0.5) is 0 Å². The van der Waals surface area contributed by atoms with Gasteiger partial charge in [0.1, 0.15) is 11.3 Å². The molecule has 1 fully saturated rings. The van der Waals surface area contributed by atoms with Gasteiger partial charge >= 0.3 is 0 Å². The molecule has 1 saturated heterocycles. The number of ether oxygens (including phenoxy) is 1. The first-order valence-electron chi connectivity index (χ1n) is 11.3. The average Bonchev–Trinajstić information content (AvgIpc) is 3.59. The number of benzene rings is 2. The summed E-state index contributed by atoms with van der Waals surface area (Å²) >= 11 is 7.42. The van der Waals surface area contributed by atoms with E-state index in [2.05, 4.69) is 15.5 Å². The molecule has 9 heteroatoms. The number of nitrogens with one attached hydrogen (secondary N) is 1. The van der Waals surface area contributed by atoms with Gasteiger partial charge in [-0.1, -0.05) is 41.6 Å². The van der Waals surface area contributed by atoms with Gasteiger partial charge in [-0.15, -0.1) is 10.2 Å². The van der Waals surface area contributed by atoms with Crippen molar-refractivity contribution in [2.45, 2.75) is 43.6 Å². The fourth-order valence-corrected chi connectivity index (χ4v) is 4.95. The van der Waals surface area contributed by atoms with Crippen LogP contribution in [-0.4, -0.2) is 39.1 Å². The summed E-state index contributed by atoms with van der Waals surface area (Å²) < 4.78 is 13.8. The maximum absolute atomic E-state index is 12.7. The fourth-order valence-electron chi connectivity index (χ4n) is 4.06. The van der Waals surface area contributed by atoms with Crippen LogP contribution >= 0.6 is 23.4 Å². The van der Waals surface area contributed by atoms with Gasteiger partial charge in [0.15, 0.2) is 11.0 Å². The van der Waals surface area contributed by atoms with E-state index in [1.54, 1.807) is 0 Å². The predicted molar refractivity (Wildman–Crippen MR) is 133 cm³/mol. The SMILES string of the molecule is C[C@@H](NC(=O)CSc1nnc(-c2ccc(Cl)cc2)n1C[C@@H]1CCCO1)c1cc2ccccc2o1. The molecule has 3 heterocycles. The van der Waals surface area contributed by atoms with E-state index < -0.39 is 0 Å². The van der Waals surface area contributed by atoms with Crippen LogP contribution in [0.1, 0.15) is 31.6 Å². The Morgan fingerprint density at radius 3 is 2.82 bits per heavy atom. The van der Waals surface area contributed by atoms with Crippen molar-refractivity contribution in [3.8, 4) is 11.4 Å². The molecule has 2 aromatic carbocycles. The van der Waals surface area contributed by atoms with E-state index >= 15 is 0 Å². The van der Waals surface area contributed by atoms with Gasteiger partial charge in [0.05, 0.1) is 24.4 Å². The van der Waals surface area contributed by atoms with E-state index in [9.17, 15) is 4.79 Å². The predicted octanol–water partition coefficient (Wildman–Crippen LogP) is 5.49. The lowest BCUT2D eigenvalue weighted by Gasteiger charge is -2.15. The van der Waals surface area contributed by atoms with Crippen LogP contribution in [-0.2, 0) is 16.1 Å². The zero-order valence-electron chi connectivity index (χ0n) is 18.7. The Kier molecular flexibility index (Phi) is 6.89. The summed E-state index contributed by atoms with van der Waals surface area (Å²) in [6.07, 6.45) is 2.16. The van der Waals surface area contributed by atoms with Gasteiger partial charge in [0, 0.05) is 22.6 Å². The maximum atomic E-state index is 12.7. The lowest BCUT2D eigenvalue weighted by atomic mass is 10.2. The summed E-state index contributed by atoms with van der Waals surface area (Å²) in [4.78, 5) is 12.7. The molecule has 34 heavy (non-hydrogen) atoms. The van der Waals surface area contributed by atoms with E-state index in [-0.39, 0.29) is 23.8 Å². The van der Waals surface area contributed by atoms with Crippen molar-refractivity contribution in [3.63, 3.8) is 0 Å². The van der Waals surface area contributed by atoms with Crippen molar-refractivity contribution in [2.75, 3.05) is 12.4 Å². The molecule has 1 N–H and O–H groups in total. The third-order valence-corrected chi connectivity index (χ3v) is 7.03. The second-order valence-electron chi connectivity index (χ2n) is 8.32. The van der Waals surface area contributed by atoms with Gasteiger partial charge in [-0.2, -0.15) is 0 Å². The summed E-state index contributed by atoms with van der Waals surface area (Å²) in [6.45, 7) is 3.33. The van der Waals surface area contributed by atoms with E-state index in [0.29, 0.717) is 16.7 Å². The minimum Gasteiger partial charge on any atom is -0.459 e. The second kappa shape index (κ2) is 10.2. The van der Waals surface area contributed by atoms with Gasteiger partial charge in [-0.3, -0.25) is 9.36 Å². The molecule has 1 aliphatic heterocycles. The Labute approximate surface area is 206 Å². The van der Waals surface area contributed by atoms with Crippen LogP contribution in [0.5, 0.6) is 0 Å². The van der Waals surface area contributed by atoms with Crippen LogP contribution in [0.25, 0.3) is 22.4 Å². The first-order valence-corrected chi connectivity index (χ1v) is 12.6. The highest BCUT2D eigenvalue weighted by Gasteiger charge is 2.23. The monoisotopic (exact) mass is 496 g/mol. The normalized spacial score (nSPS) is 16.7. The maximum Gasteiger partial charge on any atom is 0.231 e. The van der Waals surface area contributed by atoms with Gasteiger partial charge in [0.25, 0.3) is 0 Å². The van der Waals surface area contributed by atoms with E-state index in [1.165, 1.54) is 11.8 Å². The van der Waals surface area contributed by atoms with Crippen LogP contribution in [0.2, 0.25) is 5.02 Å². The number of carbonyl (C=O) groups excluding carboxylic acids is 1. The minimum absolute atomic E-state index is 0.0994. The second-order valence-corrected chi connectivity index (χ2v) is 9.70. The first-order chi connectivity index (χ1) is 16.6. The summed E-state index contributed by atoms with van der Waals surface area (Å²) in [6, 6.07) is 17.0. The molecule has 2 atom stereocenters. The molecule has 7 nitrogen and oxygen atoms in total. The zero-order chi connectivity index (χ0) is 23.5. The number of hydrogen-bond acceptors (Lipinski definition) is 6. The Morgan fingerprint density at radius 2 is 2.06 bits per heavy atom. The number of hydrogen-bond donors (Lipinski definition) is 1. The van der Waals surface area contributed by atoms with Gasteiger partial charge in [0.2, 0.25) is 5.91 Å².